The van der Waals surface area contributed by atoms with Gasteiger partial charge in [0.25, 0.3) is 0 Å². The molecule has 0 radical (unpaired) electrons. The van der Waals surface area contributed by atoms with Gasteiger partial charge in [0.05, 0.1) is 0 Å². The van der Waals surface area contributed by atoms with Crippen LogP contribution in [0, 0.1) is 5.82 Å². The highest BCUT2D eigenvalue weighted by Gasteiger charge is 2.15. The molecular formula is C13H18FN3S. The predicted octanol–water partition coefficient (Wildman–Crippen LogP) is 1.45. The van der Waals surface area contributed by atoms with Crippen LogP contribution in [0.4, 0.5) is 4.39 Å². The Labute approximate surface area is 113 Å². The Morgan fingerprint density at radius 3 is 2.44 bits per heavy atom. The van der Waals surface area contributed by atoms with Crippen molar-refractivity contribution >= 4 is 17.3 Å². The lowest BCUT2D eigenvalue weighted by atomic mass is 10.2. The van der Waals surface area contributed by atoms with Gasteiger partial charge in [0.2, 0.25) is 0 Å². The zero-order chi connectivity index (χ0) is 13.0. The molecule has 1 aliphatic rings. The molecule has 0 saturated carbocycles. The Hall–Kier alpha value is -1.20. The number of benzene rings is 1. The lowest BCUT2D eigenvalue weighted by Gasteiger charge is -2.34. The zero-order valence-corrected chi connectivity index (χ0v) is 11.3. The molecule has 18 heavy (non-hydrogen) atoms. The highest BCUT2D eigenvalue weighted by Crippen LogP contribution is 2.04. The van der Waals surface area contributed by atoms with Crippen LogP contribution in [0.2, 0.25) is 0 Å². The maximum Gasteiger partial charge on any atom is 0.169 e. The summed E-state index contributed by atoms with van der Waals surface area (Å²) in [5, 5.41) is 4.00. The molecule has 2 rings (SSSR count). The number of piperazine rings is 1. The minimum atomic E-state index is -0.208. The van der Waals surface area contributed by atoms with Crippen molar-refractivity contribution in [3.8, 4) is 0 Å². The van der Waals surface area contributed by atoms with E-state index in [1.54, 1.807) is 12.1 Å². The van der Waals surface area contributed by atoms with Gasteiger partial charge in [0.1, 0.15) is 5.82 Å². The molecule has 5 heteroatoms. The Kier molecular flexibility index (Phi) is 4.49. The van der Waals surface area contributed by atoms with Gasteiger partial charge in [-0.3, -0.25) is 0 Å². The molecule has 1 N–H and O–H groups in total. The first-order chi connectivity index (χ1) is 8.65. The van der Waals surface area contributed by atoms with Crippen molar-refractivity contribution in [2.24, 2.45) is 0 Å². The largest absolute Gasteiger partial charge is 0.358 e. The maximum absolute atomic E-state index is 12.8. The van der Waals surface area contributed by atoms with E-state index < -0.39 is 0 Å². The number of rotatable bonds is 2. The van der Waals surface area contributed by atoms with Crippen LogP contribution in [-0.2, 0) is 6.54 Å². The van der Waals surface area contributed by atoms with Gasteiger partial charge in [-0.05, 0) is 37.0 Å². The number of likely N-dealkylation sites (N-methyl/N-ethyl adjacent to an activating group) is 1. The minimum absolute atomic E-state index is 0.208. The van der Waals surface area contributed by atoms with E-state index in [2.05, 4.69) is 22.2 Å². The van der Waals surface area contributed by atoms with Crippen molar-refractivity contribution in [2.75, 3.05) is 33.2 Å². The molecule has 1 aromatic carbocycles. The number of thiocarbonyl (C=S) groups is 1. The lowest BCUT2D eigenvalue weighted by molar-refractivity contribution is 0.214. The van der Waals surface area contributed by atoms with Gasteiger partial charge in [-0.1, -0.05) is 12.1 Å². The van der Waals surface area contributed by atoms with Gasteiger partial charge >= 0.3 is 0 Å². The van der Waals surface area contributed by atoms with Crippen molar-refractivity contribution in [3.63, 3.8) is 0 Å². The second-order valence-corrected chi connectivity index (χ2v) is 4.96. The molecule has 1 fully saturated rings. The first-order valence-corrected chi connectivity index (χ1v) is 6.52. The number of nitrogens with one attached hydrogen (secondary N) is 1. The highest BCUT2D eigenvalue weighted by atomic mass is 32.1. The third-order valence-corrected chi connectivity index (χ3v) is 3.55. The van der Waals surface area contributed by atoms with Crippen LogP contribution >= 0.6 is 12.2 Å². The van der Waals surface area contributed by atoms with Crippen LogP contribution in [0.1, 0.15) is 5.56 Å². The van der Waals surface area contributed by atoms with Crippen LogP contribution in [0.3, 0.4) is 0 Å². The quantitative estimate of drug-likeness (QED) is 0.817. The Bertz CT molecular complexity index is 399. The standard InChI is InChI=1S/C13H18FN3S/c1-16-6-8-17(9-7-16)13(18)15-10-11-2-4-12(14)5-3-11/h2-5H,6-10H2,1H3,(H,15,18). The smallest absolute Gasteiger partial charge is 0.169 e. The fourth-order valence-corrected chi connectivity index (χ4v) is 2.16. The van der Waals surface area contributed by atoms with Crippen LogP contribution in [0.25, 0.3) is 0 Å². The van der Waals surface area contributed by atoms with E-state index in [0.29, 0.717) is 6.54 Å². The Morgan fingerprint density at radius 2 is 1.83 bits per heavy atom. The van der Waals surface area contributed by atoms with Gasteiger partial charge in [-0.25, -0.2) is 4.39 Å². The summed E-state index contributed by atoms with van der Waals surface area (Å²) in [7, 11) is 2.12. The second kappa shape index (κ2) is 6.11. The van der Waals surface area contributed by atoms with E-state index >= 15 is 0 Å². The van der Waals surface area contributed by atoms with Crippen molar-refractivity contribution in [3.05, 3.63) is 35.6 Å². The number of halogens is 1. The fraction of sp³-hybridized carbons (Fsp3) is 0.462. The molecule has 0 aromatic heterocycles. The molecule has 0 bridgehead atoms. The number of hydrogen-bond acceptors (Lipinski definition) is 2. The van der Waals surface area contributed by atoms with Crippen molar-refractivity contribution in [1.82, 2.24) is 15.1 Å². The van der Waals surface area contributed by atoms with E-state index in [4.69, 9.17) is 12.2 Å². The summed E-state index contributed by atoms with van der Waals surface area (Å²) < 4.78 is 12.8. The van der Waals surface area contributed by atoms with Crippen molar-refractivity contribution < 1.29 is 4.39 Å². The Morgan fingerprint density at radius 1 is 1.22 bits per heavy atom. The molecule has 0 amide bonds. The van der Waals surface area contributed by atoms with Gasteiger partial charge in [-0.2, -0.15) is 0 Å². The molecule has 3 nitrogen and oxygen atoms in total. The molecule has 0 aliphatic carbocycles. The average molecular weight is 267 g/mol. The van der Waals surface area contributed by atoms with E-state index in [1.807, 2.05) is 0 Å². The van der Waals surface area contributed by atoms with Crippen LogP contribution in [-0.4, -0.2) is 48.1 Å². The zero-order valence-electron chi connectivity index (χ0n) is 10.5. The molecule has 1 aliphatic heterocycles. The molecule has 1 saturated heterocycles. The third kappa shape index (κ3) is 3.65. The van der Waals surface area contributed by atoms with Gasteiger partial charge in [0, 0.05) is 32.7 Å². The number of hydrogen-bond donors (Lipinski definition) is 1. The Balaban J connectivity index is 1.79. The van der Waals surface area contributed by atoms with Crippen LogP contribution in [0.15, 0.2) is 24.3 Å². The lowest BCUT2D eigenvalue weighted by Crippen LogP contribution is -2.50. The summed E-state index contributed by atoms with van der Waals surface area (Å²) in [4.78, 5) is 4.47. The van der Waals surface area contributed by atoms with E-state index in [1.165, 1.54) is 12.1 Å². The van der Waals surface area contributed by atoms with Gasteiger partial charge < -0.3 is 15.1 Å². The summed E-state index contributed by atoms with van der Waals surface area (Å²) in [6.45, 7) is 4.65. The predicted molar refractivity (Wildman–Crippen MR) is 74.9 cm³/mol. The topological polar surface area (TPSA) is 18.5 Å². The average Bonchev–Trinajstić information content (AvgIpc) is 2.38. The molecule has 1 aromatic rings. The first kappa shape index (κ1) is 13.2. The van der Waals surface area contributed by atoms with Gasteiger partial charge in [0.15, 0.2) is 5.11 Å². The summed E-state index contributed by atoms with van der Waals surface area (Å²) in [5.74, 6) is -0.208. The van der Waals surface area contributed by atoms with Crippen molar-refractivity contribution in [1.29, 1.82) is 0 Å². The summed E-state index contributed by atoms with van der Waals surface area (Å²) in [5.41, 5.74) is 1.04. The summed E-state index contributed by atoms with van der Waals surface area (Å²) in [6.07, 6.45) is 0. The first-order valence-electron chi connectivity index (χ1n) is 6.11. The fourth-order valence-electron chi connectivity index (χ4n) is 1.90. The van der Waals surface area contributed by atoms with Gasteiger partial charge in [-0.15, -0.1) is 0 Å². The SMILES string of the molecule is CN1CCN(C(=S)NCc2ccc(F)cc2)CC1. The van der Waals surface area contributed by atoms with Crippen LogP contribution < -0.4 is 5.32 Å². The van der Waals surface area contributed by atoms with Crippen LogP contribution in [0.5, 0.6) is 0 Å². The monoisotopic (exact) mass is 267 g/mol. The normalized spacial score (nSPS) is 16.7. The molecular weight excluding hydrogens is 249 g/mol. The molecule has 98 valence electrons. The minimum Gasteiger partial charge on any atom is -0.358 e. The summed E-state index contributed by atoms with van der Waals surface area (Å²) >= 11 is 5.36. The summed E-state index contributed by atoms with van der Waals surface area (Å²) in [6, 6.07) is 6.48. The molecule has 1 heterocycles. The van der Waals surface area contributed by atoms with Crippen molar-refractivity contribution in [2.45, 2.75) is 6.54 Å². The third-order valence-electron chi connectivity index (χ3n) is 3.15. The van der Waals surface area contributed by atoms with E-state index in [9.17, 15) is 4.39 Å². The molecule has 0 atom stereocenters. The van der Waals surface area contributed by atoms with E-state index in [-0.39, 0.29) is 5.82 Å². The number of nitrogens with zero attached hydrogens (tertiary/aromatic N) is 2. The molecule has 0 unspecified atom stereocenters. The second-order valence-electron chi connectivity index (χ2n) is 4.58. The highest BCUT2D eigenvalue weighted by molar-refractivity contribution is 7.80. The van der Waals surface area contributed by atoms with E-state index in [0.717, 1.165) is 36.9 Å². The maximum atomic E-state index is 12.8. The molecule has 0 spiro atoms.